The third-order valence-electron chi connectivity index (χ3n) is 6.81. The van der Waals surface area contributed by atoms with E-state index in [1.165, 1.54) is 28.8 Å². The van der Waals surface area contributed by atoms with Crippen LogP contribution in [-0.4, -0.2) is 51.9 Å². The van der Waals surface area contributed by atoms with Crippen LogP contribution in [0.3, 0.4) is 0 Å². The van der Waals surface area contributed by atoms with Gasteiger partial charge >= 0.3 is 0 Å². The Bertz CT molecular complexity index is 1280. The van der Waals surface area contributed by atoms with Crippen LogP contribution in [0.1, 0.15) is 53.1 Å². The molecule has 35 heavy (non-hydrogen) atoms. The molecule has 11 heteroatoms. The summed E-state index contributed by atoms with van der Waals surface area (Å²) in [5.74, 6) is -4.40. The fourth-order valence-electron chi connectivity index (χ4n) is 4.87. The number of pyridine rings is 1. The van der Waals surface area contributed by atoms with Gasteiger partial charge in [-0.2, -0.15) is 0 Å². The topological polar surface area (TPSA) is 121 Å². The second-order valence-electron chi connectivity index (χ2n) is 9.33. The van der Waals surface area contributed by atoms with Crippen molar-refractivity contribution in [1.29, 1.82) is 0 Å². The van der Waals surface area contributed by atoms with E-state index in [-0.39, 0.29) is 42.2 Å². The molecule has 0 radical (unpaired) electrons. The molecule has 0 atom stereocenters. The first kappa shape index (κ1) is 24.4. The third kappa shape index (κ3) is 4.04. The van der Waals surface area contributed by atoms with Gasteiger partial charge in [-0.3, -0.25) is 19.2 Å². The number of aromatic nitrogens is 1. The number of amides is 3. The molecule has 1 aromatic heterocycles. The second kappa shape index (κ2) is 8.79. The lowest BCUT2D eigenvalue weighted by molar-refractivity contribution is -0.132. The minimum atomic E-state index is -1.04. The minimum absolute atomic E-state index is 0.00803. The first-order valence-corrected chi connectivity index (χ1v) is 11.2. The summed E-state index contributed by atoms with van der Waals surface area (Å²) in [4.78, 5) is 52.6. The zero-order valence-electron chi connectivity index (χ0n) is 19.5. The highest BCUT2D eigenvalue weighted by molar-refractivity contribution is 5.99. The van der Waals surface area contributed by atoms with Gasteiger partial charge in [-0.25, -0.2) is 8.78 Å². The summed E-state index contributed by atoms with van der Waals surface area (Å²) in [5.41, 5.74) is -2.47. The van der Waals surface area contributed by atoms with Crippen molar-refractivity contribution < 1.29 is 28.3 Å². The van der Waals surface area contributed by atoms with Gasteiger partial charge in [-0.1, -0.05) is 6.07 Å². The Kier molecular flexibility index (Phi) is 6.12. The van der Waals surface area contributed by atoms with Gasteiger partial charge in [-0.05, 0) is 32.8 Å². The molecule has 3 N–H and O–H groups in total. The maximum atomic E-state index is 13.9. The van der Waals surface area contributed by atoms with Gasteiger partial charge in [0.2, 0.25) is 11.3 Å². The molecule has 1 spiro atoms. The molecule has 186 valence electrons. The predicted molar refractivity (Wildman–Crippen MR) is 121 cm³/mol. The van der Waals surface area contributed by atoms with Crippen LogP contribution in [0, 0.1) is 17.6 Å². The monoisotopic (exact) mass is 488 g/mol. The Morgan fingerprint density at radius 1 is 1.23 bits per heavy atom. The van der Waals surface area contributed by atoms with E-state index in [0.29, 0.717) is 18.9 Å². The SMILES string of the molecule is CNC(=O)[C@H]1C[C@]2(CN(C(C)C)C(=O)c3c(O)c(=O)c(C(=O)NCc4ccc(F)cc4F)cn32)C1. The molecule has 9 nitrogen and oxygen atoms in total. The van der Waals surface area contributed by atoms with Gasteiger partial charge in [-0.15, -0.1) is 0 Å². The number of hydrogen-bond donors (Lipinski definition) is 3. The van der Waals surface area contributed by atoms with Crippen LogP contribution in [0.15, 0.2) is 29.2 Å². The van der Waals surface area contributed by atoms with E-state index in [4.69, 9.17) is 0 Å². The summed E-state index contributed by atoms with van der Waals surface area (Å²) >= 11 is 0. The van der Waals surface area contributed by atoms with Crippen molar-refractivity contribution in [3.8, 4) is 5.75 Å². The highest BCUT2D eigenvalue weighted by atomic mass is 19.1. The second-order valence-corrected chi connectivity index (χ2v) is 9.33. The largest absolute Gasteiger partial charge is 0.503 e. The third-order valence-corrected chi connectivity index (χ3v) is 6.81. The smallest absolute Gasteiger partial charge is 0.274 e. The number of nitrogens with one attached hydrogen (secondary N) is 2. The number of hydrogen-bond acceptors (Lipinski definition) is 5. The summed E-state index contributed by atoms with van der Waals surface area (Å²) in [5, 5.41) is 15.7. The number of aromatic hydroxyl groups is 1. The number of halogens is 2. The van der Waals surface area contributed by atoms with Gasteiger partial charge < -0.3 is 25.2 Å². The molecular formula is C24H26F2N4O5. The summed E-state index contributed by atoms with van der Waals surface area (Å²) in [6.45, 7) is 3.54. The lowest BCUT2D eigenvalue weighted by Gasteiger charge is -2.54. The van der Waals surface area contributed by atoms with Crippen LogP contribution >= 0.6 is 0 Å². The number of carbonyl (C=O) groups is 3. The Morgan fingerprint density at radius 3 is 2.51 bits per heavy atom. The van der Waals surface area contributed by atoms with Crippen molar-refractivity contribution in [3.63, 3.8) is 0 Å². The first-order valence-electron chi connectivity index (χ1n) is 11.2. The van der Waals surface area contributed by atoms with Crippen molar-refractivity contribution in [2.24, 2.45) is 5.92 Å². The molecule has 0 bridgehead atoms. The van der Waals surface area contributed by atoms with Gasteiger partial charge in [0.15, 0.2) is 11.4 Å². The Hall–Kier alpha value is -3.76. The summed E-state index contributed by atoms with van der Waals surface area (Å²) in [6.07, 6.45) is 1.92. The maximum absolute atomic E-state index is 13.9. The Labute approximate surface area is 199 Å². The van der Waals surface area contributed by atoms with Crippen LogP contribution in [0.5, 0.6) is 5.75 Å². The highest BCUT2D eigenvalue weighted by Gasteiger charge is 2.54. The first-order chi connectivity index (χ1) is 16.5. The van der Waals surface area contributed by atoms with Gasteiger partial charge in [0, 0.05) is 49.9 Å². The van der Waals surface area contributed by atoms with Crippen molar-refractivity contribution in [1.82, 2.24) is 20.1 Å². The van der Waals surface area contributed by atoms with Crippen LogP contribution in [0.25, 0.3) is 0 Å². The average molecular weight is 488 g/mol. The van der Waals surface area contributed by atoms with Gasteiger partial charge in [0.05, 0.1) is 5.54 Å². The number of benzene rings is 1. The molecule has 3 amide bonds. The van der Waals surface area contributed by atoms with E-state index in [1.807, 2.05) is 13.8 Å². The van der Waals surface area contributed by atoms with E-state index >= 15 is 0 Å². The lowest BCUT2D eigenvalue weighted by Crippen LogP contribution is -2.63. The fourth-order valence-corrected chi connectivity index (χ4v) is 4.87. The van der Waals surface area contributed by atoms with E-state index in [9.17, 15) is 33.1 Å². The molecule has 1 aliphatic carbocycles. The van der Waals surface area contributed by atoms with Crippen LogP contribution in [0.2, 0.25) is 0 Å². The van der Waals surface area contributed by atoms with Crippen molar-refractivity contribution >= 4 is 17.7 Å². The number of fused-ring (bicyclic) bond motifs is 2. The number of carbonyl (C=O) groups excluding carboxylic acids is 3. The fraction of sp³-hybridized carbons (Fsp3) is 0.417. The molecule has 1 saturated carbocycles. The molecule has 1 aromatic carbocycles. The van der Waals surface area contributed by atoms with Crippen LogP contribution in [-0.2, 0) is 16.9 Å². The summed E-state index contributed by atoms with van der Waals surface area (Å²) in [7, 11) is 1.53. The zero-order chi connectivity index (χ0) is 25.7. The molecule has 2 aliphatic rings. The predicted octanol–water partition coefficient (Wildman–Crippen LogP) is 1.48. The van der Waals surface area contributed by atoms with Crippen molar-refractivity contribution in [3.05, 3.63) is 63.1 Å². The van der Waals surface area contributed by atoms with E-state index in [2.05, 4.69) is 10.6 Å². The van der Waals surface area contributed by atoms with Crippen molar-refractivity contribution in [2.45, 2.75) is 44.8 Å². The lowest BCUT2D eigenvalue weighted by atomic mass is 9.66. The quantitative estimate of drug-likeness (QED) is 0.589. The Balaban J connectivity index is 1.72. The summed E-state index contributed by atoms with van der Waals surface area (Å²) < 4.78 is 28.5. The van der Waals surface area contributed by atoms with Crippen LogP contribution < -0.4 is 16.1 Å². The van der Waals surface area contributed by atoms with Crippen LogP contribution in [0.4, 0.5) is 8.78 Å². The van der Waals surface area contributed by atoms with Crippen molar-refractivity contribution in [2.75, 3.05) is 13.6 Å². The molecule has 0 saturated heterocycles. The zero-order valence-corrected chi connectivity index (χ0v) is 19.5. The van der Waals surface area contributed by atoms with Gasteiger partial charge in [0.1, 0.15) is 17.2 Å². The molecule has 1 fully saturated rings. The number of nitrogens with zero attached hydrogens (tertiary/aromatic N) is 2. The standard InChI is InChI=1S/C24H26F2N4O5/c1-12(2)29-11-24(7-14(8-24)21(33)27-3)30-10-16(19(31)20(32)18(30)23(29)35)22(34)28-9-13-4-5-15(25)6-17(13)26/h4-6,10,12,14,32H,7-9,11H2,1-3H3,(H,27,33)(H,28,34)/t14-,24+. The molecule has 2 heterocycles. The van der Waals surface area contributed by atoms with E-state index in [1.54, 1.807) is 0 Å². The molecular weight excluding hydrogens is 462 g/mol. The molecule has 1 aliphatic heterocycles. The maximum Gasteiger partial charge on any atom is 0.274 e. The minimum Gasteiger partial charge on any atom is -0.503 e. The number of rotatable bonds is 5. The highest BCUT2D eigenvalue weighted by Crippen LogP contribution is 2.48. The van der Waals surface area contributed by atoms with E-state index in [0.717, 1.165) is 6.07 Å². The van der Waals surface area contributed by atoms with Gasteiger partial charge in [0.25, 0.3) is 11.8 Å². The normalized spacial score (nSPS) is 21.0. The van der Waals surface area contributed by atoms with E-state index < -0.39 is 45.7 Å². The average Bonchev–Trinajstić information content (AvgIpc) is 2.78. The summed E-state index contributed by atoms with van der Waals surface area (Å²) in [6, 6.07) is 2.66. The molecule has 4 rings (SSSR count). The molecule has 2 aromatic rings. The molecule has 0 unspecified atom stereocenters. The Morgan fingerprint density at radius 2 is 1.91 bits per heavy atom.